The number of amides is 4. The van der Waals surface area contributed by atoms with Crippen molar-refractivity contribution in [1.29, 1.82) is 0 Å². The van der Waals surface area contributed by atoms with Crippen molar-refractivity contribution in [3.05, 3.63) is 0 Å². The van der Waals surface area contributed by atoms with Crippen molar-refractivity contribution in [2.45, 2.75) is 84.0 Å². The Morgan fingerprint density at radius 2 is 1.36 bits per heavy atom. The summed E-state index contributed by atoms with van der Waals surface area (Å²) >= 11 is 0. The van der Waals surface area contributed by atoms with Crippen LogP contribution in [0.2, 0.25) is 0 Å². The first-order chi connectivity index (χ1) is 15.3. The van der Waals surface area contributed by atoms with Crippen LogP contribution in [0.15, 0.2) is 0 Å². The molecule has 0 saturated carbocycles. The smallest absolute Gasteiger partial charge is 0.326 e. The summed E-state index contributed by atoms with van der Waals surface area (Å²) in [6, 6.07) is -4.22. The van der Waals surface area contributed by atoms with Crippen LogP contribution in [0.1, 0.15) is 59.8 Å². The summed E-state index contributed by atoms with van der Waals surface area (Å²) in [6.07, 6.45) is 0.901. The zero-order valence-electron chi connectivity index (χ0n) is 19.9. The van der Waals surface area contributed by atoms with E-state index in [0.29, 0.717) is 19.4 Å². The van der Waals surface area contributed by atoms with E-state index in [1.54, 1.807) is 27.7 Å². The molecule has 0 aromatic heterocycles. The Bertz CT molecular complexity index is 684. The minimum atomic E-state index is -1.23. The van der Waals surface area contributed by atoms with Crippen molar-refractivity contribution in [3.63, 3.8) is 0 Å². The molecule has 190 valence electrons. The Morgan fingerprint density at radius 1 is 0.788 bits per heavy atom. The predicted octanol–water partition coefficient (Wildman–Crippen LogP) is -1.44. The SMILES string of the molecule is CC(C)C(N)C(=O)NC(C(=O)NC(CCC(N)=O)C(=O)NC(CCCCN)C(=O)O)C(C)C. The lowest BCUT2D eigenvalue weighted by atomic mass is 9.99. The van der Waals surface area contributed by atoms with Crippen molar-refractivity contribution in [2.75, 3.05) is 6.54 Å². The summed E-state index contributed by atoms with van der Waals surface area (Å²) in [5, 5.41) is 16.9. The number of carbonyl (C=O) groups excluding carboxylic acids is 4. The van der Waals surface area contributed by atoms with E-state index in [4.69, 9.17) is 17.2 Å². The van der Waals surface area contributed by atoms with Crippen LogP contribution in [0, 0.1) is 11.8 Å². The lowest BCUT2D eigenvalue weighted by molar-refractivity contribution is -0.142. The molecule has 10 N–H and O–H groups in total. The number of primary amides is 1. The molecule has 0 aromatic rings. The molecule has 0 saturated heterocycles. The van der Waals surface area contributed by atoms with Crippen molar-refractivity contribution in [1.82, 2.24) is 16.0 Å². The number of unbranched alkanes of at least 4 members (excludes halogenated alkanes) is 1. The van der Waals surface area contributed by atoms with Crippen LogP contribution in [0.5, 0.6) is 0 Å². The molecular weight excluding hydrogens is 432 g/mol. The first-order valence-corrected chi connectivity index (χ1v) is 11.2. The number of hydrogen-bond donors (Lipinski definition) is 7. The van der Waals surface area contributed by atoms with Crippen LogP contribution in [-0.2, 0) is 24.0 Å². The fraction of sp³-hybridized carbons (Fsp3) is 0.762. The Labute approximate surface area is 194 Å². The number of carbonyl (C=O) groups is 5. The summed E-state index contributed by atoms with van der Waals surface area (Å²) < 4.78 is 0. The minimum absolute atomic E-state index is 0.133. The average molecular weight is 473 g/mol. The van der Waals surface area contributed by atoms with E-state index in [1.165, 1.54) is 0 Å². The number of carboxylic acid groups (broad SMARTS) is 1. The van der Waals surface area contributed by atoms with Crippen molar-refractivity contribution < 1.29 is 29.1 Å². The standard InChI is InChI=1S/C21H40N6O6/c1-11(2)16(24)19(30)27-17(12(3)4)20(31)25-13(8-9-15(23)28)18(29)26-14(21(32)33)7-5-6-10-22/h11-14,16-17H,5-10,22,24H2,1-4H3,(H2,23,28)(H,25,31)(H,26,29)(H,27,30)(H,32,33). The summed E-state index contributed by atoms with van der Waals surface area (Å²) in [7, 11) is 0. The number of nitrogens with one attached hydrogen (secondary N) is 3. The quantitative estimate of drug-likeness (QED) is 0.131. The molecule has 4 amide bonds. The first kappa shape index (κ1) is 30.3. The maximum atomic E-state index is 12.9. The number of hydrogen-bond acceptors (Lipinski definition) is 7. The summed E-state index contributed by atoms with van der Waals surface area (Å²) in [4.78, 5) is 60.8. The maximum absolute atomic E-state index is 12.9. The van der Waals surface area contributed by atoms with Gasteiger partial charge in [-0.3, -0.25) is 19.2 Å². The molecule has 0 radical (unpaired) electrons. The van der Waals surface area contributed by atoms with Crippen molar-refractivity contribution in [3.8, 4) is 0 Å². The molecule has 4 atom stereocenters. The molecule has 33 heavy (non-hydrogen) atoms. The number of rotatable bonds is 16. The van der Waals surface area contributed by atoms with Crippen LogP contribution in [0.3, 0.4) is 0 Å². The highest BCUT2D eigenvalue weighted by atomic mass is 16.4. The fourth-order valence-electron chi connectivity index (χ4n) is 2.93. The second-order valence-electron chi connectivity index (χ2n) is 8.75. The van der Waals surface area contributed by atoms with Gasteiger partial charge in [-0.1, -0.05) is 27.7 Å². The topological polar surface area (TPSA) is 220 Å². The average Bonchev–Trinajstić information content (AvgIpc) is 2.72. The second-order valence-corrected chi connectivity index (χ2v) is 8.75. The molecule has 0 spiro atoms. The van der Waals surface area contributed by atoms with Gasteiger partial charge < -0.3 is 38.3 Å². The van der Waals surface area contributed by atoms with Crippen molar-refractivity contribution >= 4 is 29.6 Å². The van der Waals surface area contributed by atoms with Crippen molar-refractivity contribution in [2.24, 2.45) is 29.0 Å². The van der Waals surface area contributed by atoms with Gasteiger partial charge in [0.25, 0.3) is 0 Å². The summed E-state index contributed by atoms with van der Waals surface area (Å²) in [5.74, 6) is -4.33. The largest absolute Gasteiger partial charge is 0.480 e. The summed E-state index contributed by atoms with van der Waals surface area (Å²) in [6.45, 7) is 7.35. The lowest BCUT2D eigenvalue weighted by Crippen LogP contribution is -2.58. The molecule has 4 unspecified atom stereocenters. The molecule has 0 bridgehead atoms. The van der Waals surface area contributed by atoms with Crippen LogP contribution < -0.4 is 33.2 Å². The highest BCUT2D eigenvalue weighted by Crippen LogP contribution is 2.08. The number of nitrogens with two attached hydrogens (primary N) is 3. The van der Waals surface area contributed by atoms with E-state index in [2.05, 4.69) is 16.0 Å². The van der Waals surface area contributed by atoms with Gasteiger partial charge >= 0.3 is 5.97 Å². The van der Waals surface area contributed by atoms with Gasteiger partial charge in [0.15, 0.2) is 0 Å². The highest BCUT2D eigenvalue weighted by Gasteiger charge is 2.32. The third-order valence-corrected chi connectivity index (χ3v) is 5.14. The molecule has 0 rings (SSSR count). The third kappa shape index (κ3) is 11.6. The molecule has 0 heterocycles. The van der Waals surface area contributed by atoms with Gasteiger partial charge in [0.1, 0.15) is 18.1 Å². The second kappa shape index (κ2) is 15.2. The number of aliphatic carboxylic acids is 1. The van der Waals surface area contributed by atoms with Gasteiger partial charge in [0.05, 0.1) is 6.04 Å². The zero-order chi connectivity index (χ0) is 25.7. The zero-order valence-corrected chi connectivity index (χ0v) is 19.9. The maximum Gasteiger partial charge on any atom is 0.326 e. The van der Waals surface area contributed by atoms with Gasteiger partial charge in [-0.25, -0.2) is 4.79 Å². The fourth-order valence-corrected chi connectivity index (χ4v) is 2.93. The van der Waals surface area contributed by atoms with Gasteiger partial charge in [-0.2, -0.15) is 0 Å². The molecule has 12 heteroatoms. The third-order valence-electron chi connectivity index (χ3n) is 5.14. The molecule has 0 aliphatic rings. The van der Waals surface area contributed by atoms with Crippen LogP contribution >= 0.6 is 0 Å². The summed E-state index contributed by atoms with van der Waals surface area (Å²) in [5.41, 5.74) is 16.4. The van der Waals surface area contributed by atoms with E-state index in [1.807, 2.05) is 0 Å². The Balaban J connectivity index is 5.46. The molecule has 0 aliphatic carbocycles. The number of carboxylic acids is 1. The monoisotopic (exact) mass is 472 g/mol. The highest BCUT2D eigenvalue weighted by molar-refractivity contribution is 5.94. The Morgan fingerprint density at radius 3 is 1.82 bits per heavy atom. The molecule has 0 aromatic carbocycles. The van der Waals surface area contributed by atoms with Gasteiger partial charge in [0.2, 0.25) is 23.6 Å². The van der Waals surface area contributed by atoms with Crippen LogP contribution in [-0.4, -0.2) is 65.4 Å². The van der Waals surface area contributed by atoms with E-state index in [-0.39, 0.29) is 31.1 Å². The van der Waals surface area contributed by atoms with Gasteiger partial charge in [-0.15, -0.1) is 0 Å². The normalized spacial score (nSPS) is 14.8. The van der Waals surface area contributed by atoms with E-state index in [9.17, 15) is 29.1 Å². The van der Waals surface area contributed by atoms with E-state index < -0.39 is 53.8 Å². The minimum Gasteiger partial charge on any atom is -0.480 e. The van der Waals surface area contributed by atoms with Gasteiger partial charge in [-0.05, 0) is 44.1 Å². The Hall–Kier alpha value is -2.73. The van der Waals surface area contributed by atoms with Crippen LogP contribution in [0.25, 0.3) is 0 Å². The van der Waals surface area contributed by atoms with Gasteiger partial charge in [0, 0.05) is 6.42 Å². The lowest BCUT2D eigenvalue weighted by Gasteiger charge is -2.27. The molecule has 12 nitrogen and oxygen atoms in total. The predicted molar refractivity (Wildman–Crippen MR) is 122 cm³/mol. The van der Waals surface area contributed by atoms with E-state index >= 15 is 0 Å². The Kier molecular flexibility index (Phi) is 13.9. The molecule has 0 fully saturated rings. The molecule has 0 aliphatic heterocycles. The first-order valence-electron chi connectivity index (χ1n) is 11.2. The molecular formula is C21H40N6O6. The van der Waals surface area contributed by atoms with Crippen LogP contribution in [0.4, 0.5) is 0 Å². The van der Waals surface area contributed by atoms with E-state index in [0.717, 1.165) is 0 Å².